The van der Waals surface area contributed by atoms with Gasteiger partial charge in [0.2, 0.25) is 5.91 Å². The van der Waals surface area contributed by atoms with Gasteiger partial charge in [-0.15, -0.1) is 0 Å². The van der Waals surface area contributed by atoms with Crippen LogP contribution in [0.5, 0.6) is 0 Å². The number of allylic oxidation sites excluding steroid dienone is 1. The van der Waals surface area contributed by atoms with E-state index in [9.17, 15) is 14.9 Å². The Morgan fingerprint density at radius 3 is 2.65 bits per heavy atom. The highest BCUT2D eigenvalue weighted by Crippen LogP contribution is 2.21. The Labute approximate surface area is 153 Å². The first kappa shape index (κ1) is 18.5. The molecule has 26 heavy (non-hydrogen) atoms. The highest BCUT2D eigenvalue weighted by atomic mass is 16.6. The van der Waals surface area contributed by atoms with Crippen molar-refractivity contribution in [1.82, 2.24) is 9.80 Å². The van der Waals surface area contributed by atoms with E-state index in [2.05, 4.69) is 11.0 Å². The summed E-state index contributed by atoms with van der Waals surface area (Å²) in [5, 5.41) is 10.8. The Morgan fingerprint density at radius 1 is 1.23 bits per heavy atom. The number of nitro groups is 1. The number of benzene rings is 1. The second-order valence-corrected chi connectivity index (χ2v) is 6.82. The molecule has 1 aromatic rings. The van der Waals surface area contributed by atoms with Crippen molar-refractivity contribution in [3.05, 3.63) is 46.0 Å². The van der Waals surface area contributed by atoms with E-state index in [1.165, 1.54) is 6.07 Å². The Balaban J connectivity index is 1.46. The fourth-order valence-electron chi connectivity index (χ4n) is 3.38. The van der Waals surface area contributed by atoms with Crippen LogP contribution < -0.4 is 0 Å². The number of nitro benzene ring substituents is 1. The molecule has 0 aromatic heterocycles. The molecule has 0 saturated carbocycles. The van der Waals surface area contributed by atoms with Gasteiger partial charge in [-0.2, -0.15) is 0 Å². The maximum atomic E-state index is 12.4. The van der Waals surface area contributed by atoms with Crippen LogP contribution in [-0.4, -0.2) is 66.6 Å². The lowest BCUT2D eigenvalue weighted by molar-refractivity contribution is -0.384. The number of amides is 1. The zero-order valence-electron chi connectivity index (χ0n) is 14.9. The van der Waals surface area contributed by atoms with Crippen molar-refractivity contribution in [2.45, 2.75) is 12.8 Å². The minimum absolute atomic E-state index is 0.107. The van der Waals surface area contributed by atoms with Gasteiger partial charge in [0.15, 0.2) is 0 Å². The Hall–Kier alpha value is -2.25. The minimum Gasteiger partial charge on any atom is -0.379 e. The monoisotopic (exact) mass is 359 g/mol. The molecule has 2 heterocycles. The molecule has 2 saturated heterocycles. The van der Waals surface area contributed by atoms with Gasteiger partial charge in [-0.05, 0) is 24.3 Å². The molecule has 0 N–H and O–H groups in total. The van der Waals surface area contributed by atoms with Crippen LogP contribution in [0.25, 0.3) is 6.08 Å². The number of piperidine rings is 1. The number of non-ortho nitro benzene ring substituents is 1. The third-order valence-corrected chi connectivity index (χ3v) is 5.00. The zero-order chi connectivity index (χ0) is 18.4. The summed E-state index contributed by atoms with van der Waals surface area (Å²) in [5.74, 6) is 0.606. The summed E-state index contributed by atoms with van der Waals surface area (Å²) in [6.07, 6.45) is 5.92. The van der Waals surface area contributed by atoms with Crippen LogP contribution in [-0.2, 0) is 9.53 Å². The van der Waals surface area contributed by atoms with Crippen LogP contribution in [0.1, 0.15) is 18.4 Å². The summed E-state index contributed by atoms with van der Waals surface area (Å²) in [5.41, 5.74) is 0.945. The van der Waals surface area contributed by atoms with Gasteiger partial charge in [-0.3, -0.25) is 19.8 Å². The smallest absolute Gasteiger partial charge is 0.270 e. The minimum atomic E-state index is -0.379. The number of likely N-dealkylation sites (tertiary alicyclic amines) is 1. The van der Waals surface area contributed by atoms with E-state index in [1.54, 1.807) is 12.1 Å². The maximum Gasteiger partial charge on any atom is 0.270 e. The molecule has 140 valence electrons. The largest absolute Gasteiger partial charge is 0.379 e. The molecule has 0 spiro atoms. The topological polar surface area (TPSA) is 75.9 Å². The summed E-state index contributed by atoms with van der Waals surface area (Å²) in [6.45, 7) is 5.09. The molecule has 1 aromatic carbocycles. The highest BCUT2D eigenvalue weighted by molar-refractivity contribution is 5.78. The summed E-state index contributed by atoms with van der Waals surface area (Å²) >= 11 is 0. The van der Waals surface area contributed by atoms with E-state index < -0.39 is 0 Å². The Kier molecular flexibility index (Phi) is 6.35. The lowest BCUT2D eigenvalue weighted by Crippen LogP contribution is -2.46. The zero-order valence-corrected chi connectivity index (χ0v) is 14.9. The molecule has 2 aliphatic heterocycles. The number of hydrogen-bond acceptors (Lipinski definition) is 5. The number of nitrogens with zero attached hydrogens (tertiary/aromatic N) is 3. The van der Waals surface area contributed by atoms with E-state index >= 15 is 0 Å². The first-order valence-corrected chi connectivity index (χ1v) is 9.12. The fourth-order valence-corrected chi connectivity index (χ4v) is 3.38. The van der Waals surface area contributed by atoms with E-state index in [0.29, 0.717) is 25.7 Å². The fraction of sp³-hybridized carbons (Fsp3) is 0.526. The first-order valence-electron chi connectivity index (χ1n) is 9.12. The lowest BCUT2D eigenvalue weighted by atomic mass is 9.95. The van der Waals surface area contributed by atoms with E-state index in [1.807, 2.05) is 17.0 Å². The molecule has 1 amide bonds. The van der Waals surface area contributed by atoms with Gasteiger partial charge in [-0.1, -0.05) is 24.3 Å². The third-order valence-electron chi connectivity index (χ3n) is 5.00. The molecule has 0 aliphatic carbocycles. The van der Waals surface area contributed by atoms with Crippen LogP contribution in [0.3, 0.4) is 0 Å². The van der Waals surface area contributed by atoms with Crippen LogP contribution >= 0.6 is 0 Å². The predicted molar refractivity (Wildman–Crippen MR) is 98.7 cm³/mol. The SMILES string of the molecule is O=C(CN1CCOCC1)N1CCC(/C=C/c2cccc([N+](=O)[O-])c2)CC1. The Morgan fingerprint density at radius 2 is 1.96 bits per heavy atom. The molecule has 3 rings (SSSR count). The second kappa shape index (κ2) is 8.91. The second-order valence-electron chi connectivity index (χ2n) is 6.82. The molecule has 0 unspecified atom stereocenters. The van der Waals surface area contributed by atoms with Gasteiger partial charge in [0.25, 0.3) is 5.69 Å². The number of hydrogen-bond donors (Lipinski definition) is 0. The number of carbonyl (C=O) groups is 1. The normalized spacial score (nSPS) is 19.8. The predicted octanol–water partition coefficient (Wildman–Crippen LogP) is 2.18. The van der Waals surface area contributed by atoms with Gasteiger partial charge in [0, 0.05) is 38.3 Å². The number of ether oxygens (including phenoxy) is 1. The van der Waals surface area contributed by atoms with E-state index in [-0.39, 0.29) is 16.5 Å². The quantitative estimate of drug-likeness (QED) is 0.595. The number of carbonyl (C=O) groups excluding carboxylic acids is 1. The van der Waals surface area contributed by atoms with Crippen LogP contribution in [0.4, 0.5) is 5.69 Å². The third kappa shape index (κ3) is 5.12. The molecule has 2 aliphatic rings. The number of morpholine rings is 1. The molecule has 7 heteroatoms. The number of rotatable bonds is 5. The van der Waals surface area contributed by atoms with Gasteiger partial charge >= 0.3 is 0 Å². The average molecular weight is 359 g/mol. The molecule has 7 nitrogen and oxygen atoms in total. The molecular weight excluding hydrogens is 334 g/mol. The van der Waals surface area contributed by atoms with Crippen LogP contribution in [0.2, 0.25) is 0 Å². The molecule has 2 fully saturated rings. The van der Waals surface area contributed by atoms with Crippen LogP contribution in [0.15, 0.2) is 30.3 Å². The summed E-state index contributed by atoms with van der Waals surface area (Å²) in [6, 6.07) is 6.64. The van der Waals surface area contributed by atoms with E-state index in [0.717, 1.165) is 44.6 Å². The summed E-state index contributed by atoms with van der Waals surface area (Å²) in [7, 11) is 0. The van der Waals surface area contributed by atoms with Gasteiger partial charge in [-0.25, -0.2) is 0 Å². The standard InChI is InChI=1S/C19H25N3O4/c23-19(15-20-10-12-26-13-11-20)21-8-6-16(7-9-21)4-5-17-2-1-3-18(14-17)22(24)25/h1-5,14,16H,6-13,15H2/b5-4+. The highest BCUT2D eigenvalue weighted by Gasteiger charge is 2.23. The van der Waals surface area contributed by atoms with Gasteiger partial charge in [0.1, 0.15) is 0 Å². The van der Waals surface area contributed by atoms with Crippen molar-refractivity contribution < 1.29 is 14.5 Å². The summed E-state index contributed by atoms with van der Waals surface area (Å²) in [4.78, 5) is 27.0. The molecule has 0 bridgehead atoms. The average Bonchev–Trinajstić information content (AvgIpc) is 2.68. The van der Waals surface area contributed by atoms with Crippen LogP contribution in [0, 0.1) is 16.0 Å². The van der Waals surface area contributed by atoms with Crippen molar-refractivity contribution in [2.24, 2.45) is 5.92 Å². The molecular formula is C19H25N3O4. The van der Waals surface area contributed by atoms with Crippen molar-refractivity contribution in [3.63, 3.8) is 0 Å². The lowest BCUT2D eigenvalue weighted by Gasteiger charge is -2.33. The van der Waals surface area contributed by atoms with E-state index in [4.69, 9.17) is 4.74 Å². The van der Waals surface area contributed by atoms with Crippen molar-refractivity contribution in [2.75, 3.05) is 45.9 Å². The van der Waals surface area contributed by atoms with Crippen molar-refractivity contribution >= 4 is 17.7 Å². The van der Waals surface area contributed by atoms with Gasteiger partial charge in [0.05, 0.1) is 24.7 Å². The first-order chi connectivity index (χ1) is 12.6. The Bertz CT molecular complexity index is 663. The summed E-state index contributed by atoms with van der Waals surface area (Å²) < 4.78 is 5.31. The van der Waals surface area contributed by atoms with Gasteiger partial charge < -0.3 is 9.64 Å². The molecule has 0 atom stereocenters. The molecule has 0 radical (unpaired) electrons. The van der Waals surface area contributed by atoms with Crippen molar-refractivity contribution in [1.29, 1.82) is 0 Å². The van der Waals surface area contributed by atoms with Crippen molar-refractivity contribution in [3.8, 4) is 0 Å². The maximum absolute atomic E-state index is 12.4.